The molecule has 0 aromatic rings. The van der Waals surface area contributed by atoms with E-state index in [-0.39, 0.29) is 5.78 Å². The molecular formula is C5H7NOS. The van der Waals surface area contributed by atoms with Crippen LogP contribution < -0.4 is 0 Å². The van der Waals surface area contributed by atoms with Gasteiger partial charge in [0.1, 0.15) is 5.78 Å². The zero-order valence-electron chi connectivity index (χ0n) is 4.68. The van der Waals surface area contributed by atoms with Gasteiger partial charge in [-0.15, -0.1) is 0 Å². The number of Topliss-reactive ketones (excluding diaryl/α,β-unsaturated/α-hetero) is 1. The molecule has 0 aliphatic heterocycles. The highest BCUT2D eigenvalue weighted by atomic mass is 32.1. The molecule has 0 N–H and O–H groups in total. The van der Waals surface area contributed by atoms with Crippen molar-refractivity contribution in [1.82, 2.24) is 0 Å². The molecule has 0 fully saturated rings. The minimum absolute atomic E-state index is 0.138. The molecule has 0 saturated heterocycles. The Kier molecular flexibility index (Phi) is 4.32. The van der Waals surface area contributed by atoms with Crippen LogP contribution in [-0.4, -0.2) is 17.5 Å². The number of carbonyl (C=O) groups is 1. The van der Waals surface area contributed by atoms with Crippen molar-refractivity contribution >= 4 is 23.2 Å². The fourth-order valence-electron chi connectivity index (χ4n) is 0.259. The summed E-state index contributed by atoms with van der Waals surface area (Å²) in [7, 11) is 0. The quantitative estimate of drug-likeness (QED) is 0.421. The van der Waals surface area contributed by atoms with E-state index in [1.54, 1.807) is 0 Å². The van der Waals surface area contributed by atoms with Crippen molar-refractivity contribution in [2.24, 2.45) is 4.99 Å². The third kappa shape index (κ3) is 5.47. The molecule has 0 amide bonds. The van der Waals surface area contributed by atoms with Gasteiger partial charge in [-0.3, -0.25) is 4.79 Å². The molecule has 0 aliphatic carbocycles. The van der Waals surface area contributed by atoms with Crippen LogP contribution in [0, 0.1) is 0 Å². The summed E-state index contributed by atoms with van der Waals surface area (Å²) < 4.78 is 0. The number of thiocarbonyl (C=S) groups is 1. The van der Waals surface area contributed by atoms with Crippen LogP contribution in [0.4, 0.5) is 0 Å². The fraction of sp³-hybridized carbons (Fsp3) is 0.600. The number of rotatable bonds is 3. The first-order valence-electron chi connectivity index (χ1n) is 2.30. The van der Waals surface area contributed by atoms with Crippen LogP contribution in [0.5, 0.6) is 0 Å². The fourth-order valence-corrected chi connectivity index (χ4v) is 0.350. The maximum absolute atomic E-state index is 10.2. The van der Waals surface area contributed by atoms with E-state index in [1.807, 2.05) is 0 Å². The lowest BCUT2D eigenvalue weighted by Crippen LogP contribution is -1.91. The molecule has 2 nitrogen and oxygen atoms in total. The Morgan fingerprint density at radius 1 is 1.88 bits per heavy atom. The van der Waals surface area contributed by atoms with Gasteiger partial charge >= 0.3 is 0 Å². The first-order chi connectivity index (χ1) is 3.77. The molecule has 0 heterocycles. The van der Waals surface area contributed by atoms with E-state index in [9.17, 15) is 4.79 Å². The third-order valence-corrected chi connectivity index (χ3v) is 0.769. The Balaban J connectivity index is 3.18. The van der Waals surface area contributed by atoms with Gasteiger partial charge < -0.3 is 0 Å². The van der Waals surface area contributed by atoms with Crippen molar-refractivity contribution in [2.75, 3.05) is 6.54 Å². The normalized spacial score (nSPS) is 7.62. The van der Waals surface area contributed by atoms with Crippen molar-refractivity contribution in [3.05, 3.63) is 0 Å². The van der Waals surface area contributed by atoms with Crippen LogP contribution in [0.2, 0.25) is 0 Å². The summed E-state index contributed by atoms with van der Waals surface area (Å²) in [6.07, 6.45) is 0.476. The topological polar surface area (TPSA) is 29.4 Å². The number of hydrogen-bond acceptors (Lipinski definition) is 3. The maximum atomic E-state index is 10.2. The summed E-state index contributed by atoms with van der Waals surface area (Å²) in [5.41, 5.74) is 0. The maximum Gasteiger partial charge on any atom is 0.131 e. The minimum atomic E-state index is 0.138. The number of carbonyl (C=O) groups excluding carboxylic acids is 1. The van der Waals surface area contributed by atoms with Gasteiger partial charge in [-0.25, -0.2) is 4.99 Å². The second kappa shape index (κ2) is 4.62. The molecule has 0 spiro atoms. The first kappa shape index (κ1) is 7.47. The lowest BCUT2D eigenvalue weighted by molar-refractivity contribution is -0.116. The van der Waals surface area contributed by atoms with E-state index >= 15 is 0 Å². The van der Waals surface area contributed by atoms with Crippen molar-refractivity contribution in [3.63, 3.8) is 0 Å². The van der Waals surface area contributed by atoms with Gasteiger partial charge in [-0.1, -0.05) is 0 Å². The van der Waals surface area contributed by atoms with E-state index in [2.05, 4.69) is 22.4 Å². The average Bonchev–Trinajstić information content (AvgIpc) is 1.66. The molecule has 3 heteroatoms. The molecule has 44 valence electrons. The lowest BCUT2D eigenvalue weighted by Gasteiger charge is -1.82. The second-order valence-corrected chi connectivity index (χ2v) is 1.61. The smallest absolute Gasteiger partial charge is 0.131 e. The Labute approximate surface area is 53.6 Å². The summed E-state index contributed by atoms with van der Waals surface area (Å²) in [5.74, 6) is 0.138. The van der Waals surface area contributed by atoms with Crippen molar-refractivity contribution in [3.8, 4) is 0 Å². The minimum Gasteiger partial charge on any atom is -0.300 e. The predicted octanol–water partition coefficient (Wildman–Crippen LogP) is 1.07. The van der Waals surface area contributed by atoms with Crippen LogP contribution >= 0.6 is 12.2 Å². The Bertz CT molecular complexity index is 124. The zero-order chi connectivity index (χ0) is 6.41. The third-order valence-electron chi connectivity index (χ3n) is 0.640. The van der Waals surface area contributed by atoms with Gasteiger partial charge in [-0.2, -0.15) is 0 Å². The number of isothiocyanates is 1. The van der Waals surface area contributed by atoms with Gasteiger partial charge in [0.25, 0.3) is 0 Å². The monoisotopic (exact) mass is 129 g/mol. The first-order valence-corrected chi connectivity index (χ1v) is 2.71. The summed E-state index contributed by atoms with van der Waals surface area (Å²) >= 11 is 4.28. The lowest BCUT2D eigenvalue weighted by atomic mass is 10.3. The molecule has 8 heavy (non-hydrogen) atoms. The second-order valence-electron chi connectivity index (χ2n) is 1.43. The highest BCUT2D eigenvalue weighted by Gasteiger charge is 1.87. The Morgan fingerprint density at radius 2 is 2.50 bits per heavy atom. The van der Waals surface area contributed by atoms with Crippen LogP contribution in [0.3, 0.4) is 0 Å². The van der Waals surface area contributed by atoms with Gasteiger partial charge in [0.15, 0.2) is 0 Å². The average molecular weight is 129 g/mol. The molecule has 0 bridgehead atoms. The molecular weight excluding hydrogens is 122 g/mol. The largest absolute Gasteiger partial charge is 0.300 e. The van der Waals surface area contributed by atoms with E-state index < -0.39 is 0 Å². The Hall–Kier alpha value is -0.530. The Morgan fingerprint density at radius 3 is 2.88 bits per heavy atom. The molecule has 0 unspecified atom stereocenters. The summed E-state index contributed by atoms with van der Waals surface area (Å²) in [6, 6.07) is 0. The molecule has 0 rings (SSSR count). The number of nitrogens with zero attached hydrogens (tertiary/aromatic N) is 1. The summed E-state index contributed by atoms with van der Waals surface area (Å²) in [6.45, 7) is 2.01. The van der Waals surface area contributed by atoms with Crippen molar-refractivity contribution in [2.45, 2.75) is 13.3 Å². The molecule has 0 radical (unpaired) electrons. The number of ketones is 1. The molecule has 0 aliphatic rings. The van der Waals surface area contributed by atoms with Crippen LogP contribution in [0.1, 0.15) is 13.3 Å². The van der Waals surface area contributed by atoms with E-state index in [0.717, 1.165) is 0 Å². The van der Waals surface area contributed by atoms with E-state index in [0.29, 0.717) is 13.0 Å². The van der Waals surface area contributed by atoms with Crippen molar-refractivity contribution in [1.29, 1.82) is 0 Å². The van der Waals surface area contributed by atoms with Gasteiger partial charge in [-0.05, 0) is 19.1 Å². The van der Waals surface area contributed by atoms with Gasteiger partial charge in [0, 0.05) is 6.42 Å². The van der Waals surface area contributed by atoms with Crippen LogP contribution in [-0.2, 0) is 4.79 Å². The summed E-state index contributed by atoms with van der Waals surface area (Å²) in [4.78, 5) is 13.8. The summed E-state index contributed by atoms with van der Waals surface area (Å²) in [5, 5.41) is 2.18. The van der Waals surface area contributed by atoms with E-state index in [1.165, 1.54) is 6.92 Å². The molecule has 0 atom stereocenters. The molecule has 0 saturated carbocycles. The SMILES string of the molecule is CC(=O)CCN=C=S. The van der Waals surface area contributed by atoms with Gasteiger partial charge in [0.05, 0.1) is 11.7 Å². The molecule has 0 aromatic carbocycles. The van der Waals surface area contributed by atoms with E-state index in [4.69, 9.17) is 0 Å². The van der Waals surface area contributed by atoms with Crippen LogP contribution in [0.15, 0.2) is 4.99 Å². The number of hydrogen-bond donors (Lipinski definition) is 0. The number of aliphatic imine (C=N–C) groups is 1. The van der Waals surface area contributed by atoms with Crippen LogP contribution in [0.25, 0.3) is 0 Å². The standard InChI is InChI=1S/C5H7NOS/c1-5(7)2-3-6-4-8/h2-3H2,1H3. The highest BCUT2D eigenvalue weighted by molar-refractivity contribution is 7.78. The predicted molar refractivity (Wildman–Crippen MR) is 35.2 cm³/mol. The van der Waals surface area contributed by atoms with Crippen molar-refractivity contribution < 1.29 is 4.79 Å². The highest BCUT2D eigenvalue weighted by Crippen LogP contribution is 1.79. The molecule has 0 aromatic heterocycles. The van der Waals surface area contributed by atoms with Gasteiger partial charge in [0.2, 0.25) is 0 Å². The zero-order valence-corrected chi connectivity index (χ0v) is 5.49.